The molecule has 3 rings (SSSR count). The highest BCUT2D eigenvalue weighted by Gasteiger charge is 2.30. The number of amides is 1. The molecule has 33 heavy (non-hydrogen) atoms. The van der Waals surface area contributed by atoms with E-state index in [-0.39, 0.29) is 11.7 Å². The molecule has 3 N–H and O–H groups in total. The second-order valence-corrected chi connectivity index (χ2v) is 8.54. The number of phenols is 1. The summed E-state index contributed by atoms with van der Waals surface area (Å²) in [7, 11) is 3.08. The molecule has 0 bridgehead atoms. The lowest BCUT2D eigenvalue weighted by atomic mass is 9.92. The zero-order valence-electron chi connectivity index (χ0n) is 19.5. The topological polar surface area (TPSA) is 137 Å². The lowest BCUT2D eigenvalue weighted by Crippen LogP contribution is -2.45. The number of hydrogen-bond donors (Lipinski definition) is 3. The standard InChI is InChI=1S/C21H32N2O4.C2H2O4/c1-15-5-4-8-23(13-15)21(25)17-6-9-22(10-7-17)14-16-11-18(26-2)20(24)19(12-16)27-3;3-1(4)2(5)6/h11-12,15,17,24H,4-10,13-14H2,1-3H3;(H,3,4)(H,5,6). The van der Waals surface area contributed by atoms with E-state index in [2.05, 4.69) is 16.7 Å². The predicted molar refractivity (Wildman–Crippen MR) is 119 cm³/mol. The number of carbonyl (C=O) groups is 3. The first-order chi connectivity index (χ1) is 15.7. The van der Waals surface area contributed by atoms with Gasteiger partial charge in [0.2, 0.25) is 11.7 Å². The zero-order chi connectivity index (χ0) is 24.5. The number of hydrogen-bond acceptors (Lipinski definition) is 7. The van der Waals surface area contributed by atoms with Crippen molar-refractivity contribution in [1.82, 2.24) is 9.80 Å². The SMILES string of the molecule is COc1cc(CN2CCC(C(=O)N3CCCC(C)C3)CC2)cc(OC)c1O.O=C(O)C(=O)O. The maximum Gasteiger partial charge on any atom is 0.414 e. The molecule has 0 spiro atoms. The maximum atomic E-state index is 12.8. The summed E-state index contributed by atoms with van der Waals surface area (Å²) in [6.45, 7) is 6.66. The fraction of sp³-hybridized carbons (Fsp3) is 0.609. The van der Waals surface area contributed by atoms with E-state index in [0.29, 0.717) is 23.3 Å². The lowest BCUT2D eigenvalue weighted by molar-refractivity contribution is -0.159. The summed E-state index contributed by atoms with van der Waals surface area (Å²) in [5.41, 5.74) is 1.04. The Morgan fingerprint density at radius 3 is 1.97 bits per heavy atom. The van der Waals surface area contributed by atoms with E-state index in [1.807, 2.05) is 12.1 Å². The number of piperidine rings is 2. The van der Waals surface area contributed by atoms with E-state index in [4.69, 9.17) is 29.3 Å². The van der Waals surface area contributed by atoms with Crippen LogP contribution in [0.15, 0.2) is 12.1 Å². The van der Waals surface area contributed by atoms with Crippen LogP contribution in [0, 0.1) is 11.8 Å². The highest BCUT2D eigenvalue weighted by Crippen LogP contribution is 2.37. The van der Waals surface area contributed by atoms with Crippen LogP contribution in [0.1, 0.15) is 38.2 Å². The van der Waals surface area contributed by atoms with Crippen LogP contribution < -0.4 is 9.47 Å². The van der Waals surface area contributed by atoms with Crippen molar-refractivity contribution in [2.75, 3.05) is 40.4 Å². The van der Waals surface area contributed by atoms with Crippen molar-refractivity contribution in [2.45, 2.75) is 39.2 Å². The number of carboxylic acids is 2. The molecule has 184 valence electrons. The lowest BCUT2D eigenvalue weighted by Gasteiger charge is -2.37. The Morgan fingerprint density at radius 2 is 1.52 bits per heavy atom. The number of phenolic OH excluding ortho intramolecular Hbond substituents is 1. The molecule has 2 heterocycles. The Balaban J connectivity index is 0.000000569. The number of methoxy groups -OCH3 is 2. The smallest absolute Gasteiger partial charge is 0.414 e. The van der Waals surface area contributed by atoms with Crippen LogP contribution in [-0.2, 0) is 20.9 Å². The van der Waals surface area contributed by atoms with Gasteiger partial charge in [0.05, 0.1) is 14.2 Å². The first kappa shape index (κ1) is 26.2. The Labute approximate surface area is 193 Å². The number of likely N-dealkylation sites (tertiary alicyclic amines) is 2. The fourth-order valence-electron chi connectivity index (χ4n) is 4.28. The second kappa shape index (κ2) is 12.3. The number of aliphatic carboxylic acids is 2. The monoisotopic (exact) mass is 466 g/mol. The number of carbonyl (C=O) groups excluding carboxylic acids is 1. The molecule has 1 amide bonds. The number of aromatic hydroxyl groups is 1. The molecule has 2 aliphatic heterocycles. The summed E-state index contributed by atoms with van der Waals surface area (Å²) in [6.07, 6.45) is 4.20. The maximum absolute atomic E-state index is 12.8. The number of carboxylic acid groups (broad SMARTS) is 2. The van der Waals surface area contributed by atoms with E-state index in [1.165, 1.54) is 20.6 Å². The molecule has 10 heteroatoms. The van der Waals surface area contributed by atoms with Gasteiger partial charge in [0.1, 0.15) is 0 Å². The molecular weight excluding hydrogens is 432 g/mol. The summed E-state index contributed by atoms with van der Waals surface area (Å²) in [5, 5.41) is 24.8. The number of rotatable bonds is 5. The minimum atomic E-state index is -1.82. The quantitative estimate of drug-likeness (QED) is 0.557. The largest absolute Gasteiger partial charge is 0.502 e. The van der Waals surface area contributed by atoms with E-state index in [1.54, 1.807) is 0 Å². The molecular formula is C23H34N2O8. The summed E-state index contributed by atoms with van der Waals surface area (Å²) < 4.78 is 10.5. The van der Waals surface area contributed by atoms with Crippen LogP contribution in [0.25, 0.3) is 0 Å². The summed E-state index contributed by atoms with van der Waals surface area (Å²) in [5.74, 6) is -1.62. The molecule has 1 aromatic carbocycles. The van der Waals surface area contributed by atoms with Gasteiger partial charge in [-0.1, -0.05) is 6.92 Å². The van der Waals surface area contributed by atoms with Crippen LogP contribution >= 0.6 is 0 Å². The van der Waals surface area contributed by atoms with Crippen molar-refractivity contribution in [3.63, 3.8) is 0 Å². The van der Waals surface area contributed by atoms with Crippen LogP contribution in [0.4, 0.5) is 0 Å². The molecule has 2 fully saturated rings. The minimum absolute atomic E-state index is 0.0313. The molecule has 0 aliphatic carbocycles. The molecule has 0 aromatic heterocycles. The molecule has 1 unspecified atom stereocenters. The van der Waals surface area contributed by atoms with Gasteiger partial charge in [0.25, 0.3) is 0 Å². The fourth-order valence-corrected chi connectivity index (χ4v) is 4.28. The molecule has 0 radical (unpaired) electrons. The molecule has 1 atom stereocenters. The first-order valence-electron chi connectivity index (χ1n) is 11.1. The van der Waals surface area contributed by atoms with Gasteiger partial charge in [0, 0.05) is 25.6 Å². The normalized spacial score (nSPS) is 19.2. The summed E-state index contributed by atoms with van der Waals surface area (Å²) in [4.78, 5) is 35.5. The number of benzene rings is 1. The van der Waals surface area contributed by atoms with Crippen molar-refractivity contribution >= 4 is 17.8 Å². The number of nitrogens with zero attached hydrogens (tertiary/aromatic N) is 2. The number of ether oxygens (including phenoxy) is 2. The van der Waals surface area contributed by atoms with Crippen LogP contribution in [0.5, 0.6) is 17.2 Å². The van der Waals surface area contributed by atoms with E-state index in [9.17, 15) is 9.90 Å². The van der Waals surface area contributed by atoms with Crippen LogP contribution in [-0.4, -0.2) is 83.4 Å². The Hall–Kier alpha value is -3.01. The highest BCUT2D eigenvalue weighted by atomic mass is 16.5. The van der Waals surface area contributed by atoms with Gasteiger partial charge >= 0.3 is 11.9 Å². The van der Waals surface area contributed by atoms with Gasteiger partial charge < -0.3 is 29.7 Å². The molecule has 2 saturated heterocycles. The Kier molecular flexibility index (Phi) is 9.77. The van der Waals surface area contributed by atoms with Gasteiger partial charge in [-0.3, -0.25) is 9.69 Å². The van der Waals surface area contributed by atoms with E-state index >= 15 is 0 Å². The van der Waals surface area contributed by atoms with E-state index in [0.717, 1.165) is 57.5 Å². The van der Waals surface area contributed by atoms with E-state index < -0.39 is 11.9 Å². The van der Waals surface area contributed by atoms with Crippen molar-refractivity contribution < 1.29 is 39.2 Å². The van der Waals surface area contributed by atoms with Crippen molar-refractivity contribution in [3.05, 3.63) is 17.7 Å². The van der Waals surface area contributed by atoms with Crippen molar-refractivity contribution in [2.24, 2.45) is 11.8 Å². The Bertz CT molecular complexity index is 799. The zero-order valence-corrected chi connectivity index (χ0v) is 19.5. The van der Waals surface area contributed by atoms with Gasteiger partial charge in [-0.15, -0.1) is 0 Å². The third-order valence-corrected chi connectivity index (χ3v) is 6.03. The molecule has 1 aromatic rings. The van der Waals surface area contributed by atoms with Gasteiger partial charge in [-0.2, -0.15) is 0 Å². The van der Waals surface area contributed by atoms with Gasteiger partial charge in [-0.25, -0.2) is 9.59 Å². The van der Waals surface area contributed by atoms with Crippen molar-refractivity contribution in [3.8, 4) is 17.2 Å². The molecule has 2 aliphatic rings. The summed E-state index contributed by atoms with van der Waals surface area (Å²) in [6, 6.07) is 3.70. The minimum Gasteiger partial charge on any atom is -0.502 e. The average Bonchev–Trinajstić information content (AvgIpc) is 2.80. The third kappa shape index (κ3) is 7.52. The van der Waals surface area contributed by atoms with Crippen LogP contribution in [0.2, 0.25) is 0 Å². The Morgan fingerprint density at radius 1 is 0.970 bits per heavy atom. The molecule has 0 saturated carbocycles. The van der Waals surface area contributed by atoms with Gasteiger partial charge in [-0.05, 0) is 62.4 Å². The highest BCUT2D eigenvalue weighted by molar-refractivity contribution is 6.27. The third-order valence-electron chi connectivity index (χ3n) is 6.03. The van der Waals surface area contributed by atoms with Crippen LogP contribution in [0.3, 0.4) is 0 Å². The molecule has 10 nitrogen and oxygen atoms in total. The predicted octanol–water partition coefficient (Wildman–Crippen LogP) is 2.04. The second-order valence-electron chi connectivity index (χ2n) is 8.54. The average molecular weight is 467 g/mol. The summed E-state index contributed by atoms with van der Waals surface area (Å²) >= 11 is 0. The van der Waals surface area contributed by atoms with Gasteiger partial charge in [0.15, 0.2) is 11.5 Å². The first-order valence-corrected chi connectivity index (χ1v) is 11.1. The van der Waals surface area contributed by atoms with Crippen molar-refractivity contribution in [1.29, 1.82) is 0 Å².